The fraction of sp³-hybridized carbons (Fsp3) is 0.273. The number of benzene rings is 2. The number of rotatable bonds is 8. The molecule has 1 aromatic heterocycles. The number of hydrogen-bond acceptors (Lipinski definition) is 5. The van der Waals surface area contributed by atoms with E-state index < -0.39 is 0 Å². The summed E-state index contributed by atoms with van der Waals surface area (Å²) in [5.41, 5.74) is 1.22. The summed E-state index contributed by atoms with van der Waals surface area (Å²) in [5.74, 6) is 0.560. The van der Waals surface area contributed by atoms with E-state index in [0.717, 1.165) is 0 Å². The molecule has 2 N–H and O–H groups in total. The molecule has 0 spiro atoms. The number of amides is 2. The Balaban J connectivity index is 1.65. The molecule has 162 valence electrons. The molecule has 7 nitrogen and oxygen atoms in total. The van der Waals surface area contributed by atoms with E-state index in [1.54, 1.807) is 36.4 Å². The minimum atomic E-state index is -0.320. The molecule has 2 amide bonds. The number of nitrogens with zero attached hydrogens (tertiary/aromatic N) is 3. The van der Waals surface area contributed by atoms with Crippen molar-refractivity contribution in [3.05, 3.63) is 71.0 Å². The predicted octanol–water partition coefficient (Wildman–Crippen LogP) is 4.33. The average molecular weight is 458 g/mol. The smallest absolute Gasteiger partial charge is 0.251 e. The van der Waals surface area contributed by atoms with Crippen molar-refractivity contribution in [3.63, 3.8) is 0 Å². The summed E-state index contributed by atoms with van der Waals surface area (Å²) >= 11 is 7.22. The van der Waals surface area contributed by atoms with Gasteiger partial charge in [-0.3, -0.25) is 9.59 Å². The Morgan fingerprint density at radius 2 is 1.84 bits per heavy atom. The van der Waals surface area contributed by atoms with Crippen LogP contribution < -0.4 is 10.6 Å². The van der Waals surface area contributed by atoms with Crippen LogP contribution in [0.3, 0.4) is 0 Å². The van der Waals surface area contributed by atoms with Crippen molar-refractivity contribution < 1.29 is 9.59 Å². The highest BCUT2D eigenvalue weighted by molar-refractivity contribution is 7.99. The normalized spacial score (nSPS) is 11.9. The lowest BCUT2D eigenvalue weighted by molar-refractivity contribution is -0.113. The number of anilines is 1. The number of thioether (sulfide) groups is 1. The van der Waals surface area contributed by atoms with Crippen LogP contribution in [0.2, 0.25) is 5.02 Å². The number of carbonyl (C=O) groups excluding carboxylic acids is 2. The van der Waals surface area contributed by atoms with Crippen LogP contribution in [0.25, 0.3) is 0 Å². The van der Waals surface area contributed by atoms with Crippen LogP contribution in [-0.2, 0) is 11.8 Å². The quantitative estimate of drug-likeness (QED) is 0.491. The molecule has 0 aliphatic rings. The van der Waals surface area contributed by atoms with Gasteiger partial charge in [-0.25, -0.2) is 0 Å². The van der Waals surface area contributed by atoms with Gasteiger partial charge in [0.2, 0.25) is 5.91 Å². The molecule has 0 fully saturated rings. The van der Waals surface area contributed by atoms with Gasteiger partial charge in [-0.15, -0.1) is 10.2 Å². The van der Waals surface area contributed by atoms with Gasteiger partial charge in [-0.2, -0.15) is 0 Å². The van der Waals surface area contributed by atoms with E-state index >= 15 is 0 Å². The number of hydrogen-bond donors (Lipinski definition) is 2. The van der Waals surface area contributed by atoms with Crippen molar-refractivity contribution in [2.24, 2.45) is 13.0 Å². The lowest BCUT2D eigenvalue weighted by Crippen LogP contribution is -2.33. The summed E-state index contributed by atoms with van der Waals surface area (Å²) < 4.78 is 1.81. The fourth-order valence-electron chi connectivity index (χ4n) is 2.96. The number of halogens is 1. The van der Waals surface area contributed by atoms with Crippen molar-refractivity contribution >= 4 is 40.9 Å². The standard InChI is InChI=1S/C22H24ClN5O2S/c1-14(2)19(25-21(30)15-8-5-4-6-9-15)20-26-27-22(28(20)3)31-13-18(29)24-17-11-7-10-16(23)12-17/h4-12,14,19H,13H2,1-3H3,(H,24,29)(H,25,30)/t19-/m0/s1. The molecule has 0 unspecified atom stereocenters. The van der Waals surface area contributed by atoms with E-state index in [9.17, 15) is 9.59 Å². The number of carbonyl (C=O) groups is 2. The molecule has 2 aromatic carbocycles. The fourth-order valence-corrected chi connectivity index (χ4v) is 3.87. The van der Waals surface area contributed by atoms with Gasteiger partial charge in [-0.05, 0) is 36.2 Å². The summed E-state index contributed by atoms with van der Waals surface area (Å²) in [6.45, 7) is 4.02. The molecule has 1 atom stereocenters. The van der Waals surface area contributed by atoms with Crippen molar-refractivity contribution in [1.82, 2.24) is 20.1 Å². The minimum absolute atomic E-state index is 0.0968. The molecule has 3 rings (SSSR count). The summed E-state index contributed by atoms with van der Waals surface area (Å²) in [4.78, 5) is 24.9. The summed E-state index contributed by atoms with van der Waals surface area (Å²) in [6, 6.07) is 15.7. The second-order valence-corrected chi connectivity index (χ2v) is 8.69. The van der Waals surface area contributed by atoms with Crippen LogP contribution in [-0.4, -0.2) is 32.3 Å². The number of aromatic nitrogens is 3. The molecule has 31 heavy (non-hydrogen) atoms. The minimum Gasteiger partial charge on any atom is -0.342 e. The molecule has 0 saturated heterocycles. The topological polar surface area (TPSA) is 88.9 Å². The van der Waals surface area contributed by atoms with Gasteiger partial charge >= 0.3 is 0 Å². The monoisotopic (exact) mass is 457 g/mol. The van der Waals surface area contributed by atoms with Crippen molar-refractivity contribution in [2.45, 2.75) is 25.0 Å². The molecular formula is C22H24ClN5O2S. The van der Waals surface area contributed by atoms with Gasteiger partial charge in [-0.1, -0.05) is 61.5 Å². The summed E-state index contributed by atoms with van der Waals surface area (Å²) in [7, 11) is 1.83. The Bertz CT molecular complexity index is 1060. The number of nitrogens with one attached hydrogen (secondary N) is 2. The molecule has 3 aromatic rings. The van der Waals surface area contributed by atoms with Gasteiger partial charge in [0.15, 0.2) is 11.0 Å². The zero-order chi connectivity index (χ0) is 22.4. The third-order valence-corrected chi connectivity index (χ3v) is 5.83. The second kappa shape index (κ2) is 10.5. The Morgan fingerprint density at radius 3 is 2.52 bits per heavy atom. The van der Waals surface area contributed by atoms with Gasteiger partial charge in [0.25, 0.3) is 5.91 Å². The van der Waals surface area contributed by atoms with Crippen LogP contribution in [0.4, 0.5) is 5.69 Å². The van der Waals surface area contributed by atoms with E-state index in [1.807, 2.05) is 43.7 Å². The van der Waals surface area contributed by atoms with E-state index in [2.05, 4.69) is 20.8 Å². The zero-order valence-corrected chi connectivity index (χ0v) is 19.1. The molecule has 9 heteroatoms. The highest BCUT2D eigenvalue weighted by atomic mass is 35.5. The maximum Gasteiger partial charge on any atom is 0.251 e. The lowest BCUT2D eigenvalue weighted by atomic mass is 10.0. The highest BCUT2D eigenvalue weighted by Crippen LogP contribution is 2.24. The Kier molecular flexibility index (Phi) is 7.70. The lowest BCUT2D eigenvalue weighted by Gasteiger charge is -2.21. The Labute approximate surface area is 190 Å². The molecule has 0 aliphatic heterocycles. The van der Waals surface area contributed by atoms with Crippen LogP contribution in [0.5, 0.6) is 0 Å². The third kappa shape index (κ3) is 6.08. The van der Waals surface area contributed by atoms with E-state index in [0.29, 0.717) is 27.3 Å². The van der Waals surface area contributed by atoms with Gasteiger partial charge < -0.3 is 15.2 Å². The first-order chi connectivity index (χ1) is 14.8. The largest absolute Gasteiger partial charge is 0.342 e. The molecular weight excluding hydrogens is 434 g/mol. The third-order valence-electron chi connectivity index (χ3n) is 4.58. The molecule has 1 heterocycles. The summed E-state index contributed by atoms with van der Waals surface area (Å²) in [6.07, 6.45) is 0. The van der Waals surface area contributed by atoms with Gasteiger partial charge in [0.05, 0.1) is 11.8 Å². The van der Waals surface area contributed by atoms with Crippen LogP contribution in [0.1, 0.15) is 36.1 Å². The first-order valence-electron chi connectivity index (χ1n) is 9.78. The first-order valence-corrected chi connectivity index (χ1v) is 11.1. The Hall–Kier alpha value is -2.84. The van der Waals surface area contributed by atoms with Crippen LogP contribution in [0.15, 0.2) is 59.8 Å². The summed E-state index contributed by atoms with van der Waals surface area (Å²) in [5, 5.41) is 15.5. The van der Waals surface area contributed by atoms with E-state index in [4.69, 9.17) is 11.6 Å². The van der Waals surface area contributed by atoms with Crippen molar-refractivity contribution in [2.75, 3.05) is 11.1 Å². The SMILES string of the molecule is CC(C)[C@H](NC(=O)c1ccccc1)c1nnc(SCC(=O)Nc2cccc(Cl)c2)n1C. The predicted molar refractivity (Wildman–Crippen MR) is 123 cm³/mol. The molecule has 0 radical (unpaired) electrons. The second-order valence-electron chi connectivity index (χ2n) is 7.31. The molecule has 0 saturated carbocycles. The van der Waals surface area contributed by atoms with Crippen LogP contribution >= 0.6 is 23.4 Å². The van der Waals surface area contributed by atoms with Crippen LogP contribution in [0, 0.1) is 5.92 Å². The Morgan fingerprint density at radius 1 is 1.10 bits per heavy atom. The van der Waals surface area contributed by atoms with Crippen molar-refractivity contribution in [1.29, 1.82) is 0 Å². The van der Waals surface area contributed by atoms with Gasteiger partial charge in [0, 0.05) is 23.3 Å². The maximum absolute atomic E-state index is 12.6. The molecule has 0 bridgehead atoms. The van der Waals surface area contributed by atoms with Crippen molar-refractivity contribution in [3.8, 4) is 0 Å². The molecule has 0 aliphatic carbocycles. The average Bonchev–Trinajstić information content (AvgIpc) is 3.10. The highest BCUT2D eigenvalue weighted by Gasteiger charge is 2.25. The maximum atomic E-state index is 12.6. The van der Waals surface area contributed by atoms with E-state index in [-0.39, 0.29) is 29.5 Å². The van der Waals surface area contributed by atoms with Gasteiger partial charge in [0.1, 0.15) is 0 Å². The zero-order valence-electron chi connectivity index (χ0n) is 17.5. The first kappa shape index (κ1) is 22.8. The van der Waals surface area contributed by atoms with E-state index in [1.165, 1.54) is 11.8 Å².